The van der Waals surface area contributed by atoms with Gasteiger partial charge in [-0.05, 0) is 56.7 Å². The van der Waals surface area contributed by atoms with Crippen LogP contribution in [0, 0.1) is 6.92 Å². The minimum Gasteiger partial charge on any atom is -0.484 e. The van der Waals surface area contributed by atoms with E-state index in [2.05, 4.69) is 10.0 Å². The zero-order chi connectivity index (χ0) is 20.0. The van der Waals surface area contributed by atoms with Crippen molar-refractivity contribution >= 4 is 33.1 Å². The summed E-state index contributed by atoms with van der Waals surface area (Å²) in [6.07, 6.45) is 0. The van der Waals surface area contributed by atoms with Gasteiger partial charge in [-0.25, -0.2) is 8.42 Å². The summed E-state index contributed by atoms with van der Waals surface area (Å²) in [7, 11) is -3.36. The number of aryl methyl sites for hydroxylation is 1. The van der Waals surface area contributed by atoms with Crippen LogP contribution < -0.4 is 14.8 Å². The van der Waals surface area contributed by atoms with Crippen molar-refractivity contribution in [3.63, 3.8) is 0 Å². The van der Waals surface area contributed by atoms with Gasteiger partial charge in [-0.1, -0.05) is 12.1 Å². The smallest absolute Gasteiger partial charge is 0.262 e. The Morgan fingerprint density at radius 3 is 2.48 bits per heavy atom. The van der Waals surface area contributed by atoms with Crippen molar-refractivity contribution in [3.05, 3.63) is 53.6 Å². The molecule has 2 N–H and O–H groups in total. The molecule has 0 aliphatic rings. The maximum absolute atomic E-state index is 12.1. The summed E-state index contributed by atoms with van der Waals surface area (Å²) in [5, 5.41) is 2.69. The van der Waals surface area contributed by atoms with E-state index in [0.717, 1.165) is 0 Å². The highest BCUT2D eigenvalue weighted by atomic mass is 32.2. The molecule has 0 bridgehead atoms. The third-order valence-corrected chi connectivity index (χ3v) is 5.06. The molecule has 8 heteroatoms. The van der Waals surface area contributed by atoms with Gasteiger partial charge < -0.3 is 10.1 Å². The van der Waals surface area contributed by atoms with Gasteiger partial charge >= 0.3 is 0 Å². The molecular formula is C19H22N2O5S. The highest BCUT2D eigenvalue weighted by Crippen LogP contribution is 2.21. The predicted octanol–water partition coefficient (Wildman–Crippen LogP) is 2.98. The molecule has 2 aromatic carbocycles. The summed E-state index contributed by atoms with van der Waals surface area (Å²) >= 11 is 0. The Balaban J connectivity index is 1.97. The number of hydrogen-bond donors (Lipinski definition) is 2. The molecule has 0 saturated heterocycles. The lowest BCUT2D eigenvalue weighted by Gasteiger charge is -2.12. The maximum Gasteiger partial charge on any atom is 0.262 e. The zero-order valence-corrected chi connectivity index (χ0v) is 16.2. The first-order valence-corrected chi connectivity index (χ1v) is 10.00. The van der Waals surface area contributed by atoms with E-state index in [0.29, 0.717) is 28.3 Å². The molecule has 0 heterocycles. The average Bonchev–Trinajstić information content (AvgIpc) is 2.62. The highest BCUT2D eigenvalue weighted by Gasteiger charge is 2.10. The van der Waals surface area contributed by atoms with Crippen LogP contribution in [0.2, 0.25) is 0 Å². The number of rotatable bonds is 8. The second kappa shape index (κ2) is 8.68. The van der Waals surface area contributed by atoms with Gasteiger partial charge in [0, 0.05) is 11.3 Å². The van der Waals surface area contributed by atoms with Crippen molar-refractivity contribution in [3.8, 4) is 5.75 Å². The second-order valence-electron chi connectivity index (χ2n) is 5.96. The average molecular weight is 390 g/mol. The van der Waals surface area contributed by atoms with Gasteiger partial charge in [0.05, 0.1) is 11.4 Å². The lowest BCUT2D eigenvalue weighted by atomic mass is 10.1. The molecule has 2 aromatic rings. The minimum atomic E-state index is -3.36. The summed E-state index contributed by atoms with van der Waals surface area (Å²) in [5.74, 6) is -0.0466. The number of ketones is 1. The van der Waals surface area contributed by atoms with E-state index in [-0.39, 0.29) is 24.1 Å². The van der Waals surface area contributed by atoms with E-state index < -0.39 is 10.0 Å². The van der Waals surface area contributed by atoms with Gasteiger partial charge in [0.15, 0.2) is 12.4 Å². The minimum absolute atomic E-state index is 0.0207. The van der Waals surface area contributed by atoms with Crippen molar-refractivity contribution in [2.75, 3.05) is 22.4 Å². The molecule has 0 aromatic heterocycles. The largest absolute Gasteiger partial charge is 0.484 e. The summed E-state index contributed by atoms with van der Waals surface area (Å²) in [6.45, 7) is 4.54. The van der Waals surface area contributed by atoms with Crippen LogP contribution in [0.1, 0.15) is 29.8 Å². The normalized spacial score (nSPS) is 10.9. The molecular weight excluding hydrogens is 368 g/mol. The van der Waals surface area contributed by atoms with Gasteiger partial charge in [-0.2, -0.15) is 0 Å². The van der Waals surface area contributed by atoms with Crippen molar-refractivity contribution in [2.45, 2.75) is 20.8 Å². The molecule has 0 spiro atoms. The van der Waals surface area contributed by atoms with Crippen molar-refractivity contribution in [1.82, 2.24) is 0 Å². The van der Waals surface area contributed by atoms with Crippen LogP contribution in [0.4, 0.5) is 11.4 Å². The Morgan fingerprint density at radius 2 is 1.85 bits per heavy atom. The fourth-order valence-electron chi connectivity index (χ4n) is 2.25. The Morgan fingerprint density at radius 1 is 1.11 bits per heavy atom. The molecule has 0 saturated carbocycles. The first kappa shape index (κ1) is 20.4. The molecule has 1 amide bonds. The fraction of sp³-hybridized carbons (Fsp3) is 0.263. The number of amides is 1. The SMILES string of the molecule is CCS(=O)(=O)Nc1ccc(NC(=O)COc2cccc(C(C)=O)c2)cc1C. The van der Waals surface area contributed by atoms with E-state index in [9.17, 15) is 18.0 Å². The van der Waals surface area contributed by atoms with E-state index in [1.807, 2.05) is 0 Å². The number of sulfonamides is 1. The van der Waals surface area contributed by atoms with Gasteiger partial charge in [-0.15, -0.1) is 0 Å². The lowest BCUT2D eigenvalue weighted by molar-refractivity contribution is -0.118. The number of ether oxygens (including phenoxy) is 1. The molecule has 0 atom stereocenters. The maximum atomic E-state index is 12.1. The van der Waals surface area contributed by atoms with Crippen LogP contribution in [0.5, 0.6) is 5.75 Å². The molecule has 0 aliphatic carbocycles. The van der Waals surface area contributed by atoms with E-state index in [1.165, 1.54) is 6.92 Å². The lowest BCUT2D eigenvalue weighted by Crippen LogP contribution is -2.20. The van der Waals surface area contributed by atoms with Crippen LogP contribution in [0.15, 0.2) is 42.5 Å². The highest BCUT2D eigenvalue weighted by molar-refractivity contribution is 7.92. The standard InChI is InChI=1S/C19H22N2O5S/c1-4-27(24,25)21-18-9-8-16(10-13(18)2)20-19(23)12-26-17-7-5-6-15(11-17)14(3)22/h5-11,21H,4,12H2,1-3H3,(H,20,23). The van der Waals surface area contributed by atoms with Gasteiger partial charge in [0.2, 0.25) is 10.0 Å². The summed E-state index contributed by atoms with van der Waals surface area (Å²) < 4.78 is 31.2. The summed E-state index contributed by atoms with van der Waals surface area (Å²) in [4.78, 5) is 23.4. The molecule has 2 rings (SSSR count). The van der Waals surface area contributed by atoms with Crippen molar-refractivity contribution in [2.24, 2.45) is 0 Å². The first-order valence-electron chi connectivity index (χ1n) is 8.35. The molecule has 144 valence electrons. The van der Waals surface area contributed by atoms with Gasteiger partial charge in [0.1, 0.15) is 5.75 Å². The van der Waals surface area contributed by atoms with E-state index in [1.54, 1.807) is 56.3 Å². The number of Topliss-reactive ketones (excluding diaryl/α,β-unsaturated/α-hetero) is 1. The van der Waals surface area contributed by atoms with Crippen LogP contribution in [0.3, 0.4) is 0 Å². The zero-order valence-electron chi connectivity index (χ0n) is 15.4. The number of hydrogen-bond acceptors (Lipinski definition) is 5. The number of benzene rings is 2. The second-order valence-corrected chi connectivity index (χ2v) is 7.97. The third-order valence-electron chi connectivity index (χ3n) is 3.77. The Kier molecular flexibility index (Phi) is 6.57. The number of anilines is 2. The number of carbonyl (C=O) groups is 2. The summed E-state index contributed by atoms with van der Waals surface area (Å²) in [5.41, 5.74) is 2.18. The van der Waals surface area contributed by atoms with Crippen LogP contribution in [-0.2, 0) is 14.8 Å². The third kappa shape index (κ3) is 6.10. The summed E-state index contributed by atoms with van der Waals surface area (Å²) in [6, 6.07) is 11.5. The van der Waals surface area contributed by atoms with Crippen molar-refractivity contribution < 1.29 is 22.7 Å². The van der Waals surface area contributed by atoms with Gasteiger partial charge in [0.25, 0.3) is 5.91 Å². The molecule has 0 radical (unpaired) electrons. The van der Waals surface area contributed by atoms with E-state index in [4.69, 9.17) is 4.74 Å². The van der Waals surface area contributed by atoms with E-state index >= 15 is 0 Å². The monoisotopic (exact) mass is 390 g/mol. The van der Waals surface area contributed by atoms with Crippen LogP contribution in [-0.4, -0.2) is 32.5 Å². The van der Waals surface area contributed by atoms with Crippen molar-refractivity contribution in [1.29, 1.82) is 0 Å². The predicted molar refractivity (Wildman–Crippen MR) is 105 cm³/mol. The fourth-order valence-corrected chi connectivity index (χ4v) is 2.95. The molecule has 27 heavy (non-hydrogen) atoms. The van der Waals surface area contributed by atoms with Crippen LogP contribution in [0.25, 0.3) is 0 Å². The number of nitrogens with one attached hydrogen (secondary N) is 2. The molecule has 0 fully saturated rings. The first-order chi connectivity index (χ1) is 12.7. The molecule has 0 unspecified atom stereocenters. The number of carbonyl (C=O) groups excluding carboxylic acids is 2. The quantitative estimate of drug-likeness (QED) is 0.675. The van der Waals surface area contributed by atoms with Gasteiger partial charge in [-0.3, -0.25) is 14.3 Å². The Hall–Kier alpha value is -2.87. The Bertz CT molecular complexity index is 954. The molecule has 0 aliphatic heterocycles. The topological polar surface area (TPSA) is 102 Å². The Labute approximate surface area is 158 Å². The molecule has 7 nitrogen and oxygen atoms in total. The van der Waals surface area contributed by atoms with Crippen LogP contribution >= 0.6 is 0 Å².